The maximum atomic E-state index is 13.6. The smallest absolute Gasteiger partial charge is 0.163 e. The quantitative estimate of drug-likeness (QED) is 0.838. The lowest BCUT2D eigenvalue weighted by Gasteiger charge is -2.34. The van der Waals surface area contributed by atoms with Gasteiger partial charge in [0.1, 0.15) is 11.6 Å². The molecule has 0 aromatic heterocycles. The summed E-state index contributed by atoms with van der Waals surface area (Å²) in [6.07, 6.45) is 1.81. The largest absolute Gasteiger partial charge is 0.507 e. The van der Waals surface area contributed by atoms with Crippen LogP contribution in [0.5, 0.6) is 5.75 Å². The molecule has 0 saturated carbocycles. The third-order valence-electron chi connectivity index (χ3n) is 4.09. The number of likely N-dealkylation sites (tertiary alicyclic amines) is 1. The van der Waals surface area contributed by atoms with E-state index in [1.807, 2.05) is 4.90 Å². The highest BCUT2D eigenvalue weighted by molar-refractivity contribution is 5.97. The van der Waals surface area contributed by atoms with Crippen LogP contribution in [-0.4, -0.2) is 39.1 Å². The second kappa shape index (κ2) is 5.73. The standard InChI is InChI=1S/C16H22FNO3/c1-10(19)13-8-12(17)7-11(15(13)20)9-18-6-4-5-14(18)16(2,3)21/h7-8,14,20-21H,4-6,9H2,1-3H3. The fourth-order valence-electron chi connectivity index (χ4n) is 3.08. The van der Waals surface area contributed by atoms with Crippen LogP contribution in [-0.2, 0) is 6.54 Å². The summed E-state index contributed by atoms with van der Waals surface area (Å²) < 4.78 is 13.6. The van der Waals surface area contributed by atoms with Crippen molar-refractivity contribution < 1.29 is 19.4 Å². The minimum absolute atomic E-state index is 0.00371. The molecule has 116 valence electrons. The van der Waals surface area contributed by atoms with Crippen LogP contribution in [0.1, 0.15) is 49.5 Å². The van der Waals surface area contributed by atoms with E-state index in [0.29, 0.717) is 12.1 Å². The SMILES string of the molecule is CC(=O)c1cc(F)cc(CN2CCCC2C(C)(C)O)c1O. The number of phenolic OH excluding ortho intramolecular Hbond substituents is 1. The molecule has 0 bridgehead atoms. The van der Waals surface area contributed by atoms with Gasteiger partial charge in [0.15, 0.2) is 5.78 Å². The van der Waals surface area contributed by atoms with Crippen molar-refractivity contribution in [3.63, 3.8) is 0 Å². The Kier molecular flexibility index (Phi) is 4.35. The molecule has 1 unspecified atom stereocenters. The predicted molar refractivity (Wildman–Crippen MR) is 77.8 cm³/mol. The number of aromatic hydroxyl groups is 1. The van der Waals surface area contributed by atoms with Gasteiger partial charge in [0.25, 0.3) is 0 Å². The number of Topliss-reactive ketones (excluding diaryl/α,β-unsaturated/α-hetero) is 1. The summed E-state index contributed by atoms with van der Waals surface area (Å²) in [5, 5.41) is 20.4. The normalized spacial score (nSPS) is 20.0. The third kappa shape index (κ3) is 3.41. The first-order valence-corrected chi connectivity index (χ1v) is 7.19. The van der Waals surface area contributed by atoms with Crippen molar-refractivity contribution >= 4 is 5.78 Å². The summed E-state index contributed by atoms with van der Waals surface area (Å²) in [5.41, 5.74) is -0.469. The average molecular weight is 295 g/mol. The Balaban J connectivity index is 2.29. The summed E-state index contributed by atoms with van der Waals surface area (Å²) in [6, 6.07) is 2.26. The molecule has 1 saturated heterocycles. The first-order chi connectivity index (χ1) is 9.70. The number of nitrogens with zero attached hydrogens (tertiary/aromatic N) is 1. The highest BCUT2D eigenvalue weighted by Gasteiger charge is 2.36. The van der Waals surface area contributed by atoms with E-state index in [9.17, 15) is 19.4 Å². The Morgan fingerprint density at radius 1 is 1.48 bits per heavy atom. The monoisotopic (exact) mass is 295 g/mol. The van der Waals surface area contributed by atoms with Crippen LogP contribution in [0.4, 0.5) is 4.39 Å². The maximum Gasteiger partial charge on any atom is 0.163 e. The molecule has 2 rings (SSSR count). The van der Waals surface area contributed by atoms with Gasteiger partial charge in [-0.25, -0.2) is 4.39 Å². The topological polar surface area (TPSA) is 60.8 Å². The molecule has 1 aromatic rings. The van der Waals surface area contributed by atoms with E-state index in [4.69, 9.17) is 0 Å². The van der Waals surface area contributed by atoms with Gasteiger partial charge in [0.05, 0.1) is 11.2 Å². The number of carbonyl (C=O) groups is 1. The van der Waals surface area contributed by atoms with E-state index in [2.05, 4.69) is 0 Å². The van der Waals surface area contributed by atoms with E-state index >= 15 is 0 Å². The van der Waals surface area contributed by atoms with Crippen LogP contribution in [0.15, 0.2) is 12.1 Å². The Morgan fingerprint density at radius 2 is 2.14 bits per heavy atom. The molecule has 0 aliphatic carbocycles. The molecule has 21 heavy (non-hydrogen) atoms. The maximum absolute atomic E-state index is 13.6. The van der Waals surface area contributed by atoms with Crippen LogP contribution in [0, 0.1) is 5.82 Å². The van der Waals surface area contributed by atoms with Crippen LogP contribution in [0.2, 0.25) is 0 Å². The number of rotatable bonds is 4. The zero-order valence-corrected chi connectivity index (χ0v) is 12.7. The van der Waals surface area contributed by atoms with E-state index in [0.717, 1.165) is 25.5 Å². The third-order valence-corrected chi connectivity index (χ3v) is 4.09. The molecule has 0 spiro atoms. The lowest BCUT2D eigenvalue weighted by Crippen LogP contribution is -2.45. The van der Waals surface area contributed by atoms with Crippen LogP contribution < -0.4 is 0 Å². The molecule has 1 aliphatic rings. The average Bonchev–Trinajstić information content (AvgIpc) is 2.81. The van der Waals surface area contributed by atoms with Crippen LogP contribution in [0.3, 0.4) is 0 Å². The number of phenols is 1. The molecule has 1 atom stereocenters. The van der Waals surface area contributed by atoms with Crippen molar-refractivity contribution in [3.05, 3.63) is 29.1 Å². The number of benzene rings is 1. The molecule has 2 N–H and O–H groups in total. The molecule has 1 fully saturated rings. The van der Waals surface area contributed by atoms with Gasteiger partial charge in [-0.05, 0) is 52.3 Å². The number of aliphatic hydroxyl groups is 1. The van der Waals surface area contributed by atoms with E-state index in [1.165, 1.54) is 13.0 Å². The highest BCUT2D eigenvalue weighted by atomic mass is 19.1. The second-order valence-electron chi connectivity index (χ2n) is 6.30. The summed E-state index contributed by atoms with van der Waals surface area (Å²) in [5.74, 6) is -1.06. The summed E-state index contributed by atoms with van der Waals surface area (Å²) in [7, 11) is 0. The highest BCUT2D eigenvalue weighted by Crippen LogP contribution is 2.32. The number of hydrogen-bond donors (Lipinski definition) is 2. The number of hydrogen-bond acceptors (Lipinski definition) is 4. The van der Waals surface area contributed by atoms with Crippen molar-refractivity contribution in [2.24, 2.45) is 0 Å². The Morgan fingerprint density at radius 3 is 2.71 bits per heavy atom. The second-order valence-corrected chi connectivity index (χ2v) is 6.30. The number of ketones is 1. The minimum atomic E-state index is -0.858. The molecular formula is C16H22FNO3. The lowest BCUT2D eigenvalue weighted by atomic mass is 9.96. The van der Waals surface area contributed by atoms with Gasteiger partial charge in [-0.15, -0.1) is 0 Å². The molecule has 5 heteroatoms. The van der Waals surface area contributed by atoms with Gasteiger partial charge in [0.2, 0.25) is 0 Å². The summed E-state index contributed by atoms with van der Waals surface area (Å²) >= 11 is 0. The summed E-state index contributed by atoms with van der Waals surface area (Å²) in [6.45, 7) is 5.90. The van der Waals surface area contributed by atoms with E-state index < -0.39 is 11.4 Å². The fourth-order valence-corrected chi connectivity index (χ4v) is 3.08. The molecule has 4 nitrogen and oxygen atoms in total. The van der Waals surface area contributed by atoms with Crippen molar-refractivity contribution in [1.29, 1.82) is 0 Å². The van der Waals surface area contributed by atoms with Gasteiger partial charge >= 0.3 is 0 Å². The van der Waals surface area contributed by atoms with E-state index in [1.54, 1.807) is 13.8 Å². The van der Waals surface area contributed by atoms with Gasteiger partial charge < -0.3 is 10.2 Å². The lowest BCUT2D eigenvalue weighted by molar-refractivity contribution is -0.00524. The first-order valence-electron chi connectivity index (χ1n) is 7.19. The van der Waals surface area contributed by atoms with Gasteiger partial charge in [-0.2, -0.15) is 0 Å². The van der Waals surface area contributed by atoms with Crippen molar-refractivity contribution in [1.82, 2.24) is 4.90 Å². The van der Waals surface area contributed by atoms with Gasteiger partial charge in [-0.3, -0.25) is 9.69 Å². The Hall–Kier alpha value is -1.46. The van der Waals surface area contributed by atoms with Gasteiger partial charge in [-0.1, -0.05) is 0 Å². The van der Waals surface area contributed by atoms with Gasteiger partial charge in [0, 0.05) is 18.2 Å². The molecule has 1 heterocycles. The molecule has 0 radical (unpaired) electrons. The number of carbonyl (C=O) groups excluding carboxylic acids is 1. The predicted octanol–water partition coefficient (Wildman–Crippen LogP) is 2.47. The van der Waals surface area contributed by atoms with Crippen molar-refractivity contribution in [3.8, 4) is 5.75 Å². The zero-order valence-electron chi connectivity index (χ0n) is 12.7. The van der Waals surface area contributed by atoms with E-state index in [-0.39, 0.29) is 23.1 Å². The van der Waals surface area contributed by atoms with Crippen molar-refractivity contribution in [2.45, 2.75) is 51.8 Å². The Bertz CT molecular complexity index is 551. The first kappa shape index (κ1) is 15.9. The molecule has 1 aliphatic heterocycles. The van der Waals surface area contributed by atoms with Crippen molar-refractivity contribution in [2.75, 3.05) is 6.54 Å². The molecular weight excluding hydrogens is 273 g/mol. The molecule has 1 aromatic carbocycles. The Labute approximate surface area is 124 Å². The molecule has 0 amide bonds. The fraction of sp³-hybridized carbons (Fsp3) is 0.562. The van der Waals surface area contributed by atoms with Crippen LogP contribution in [0.25, 0.3) is 0 Å². The number of halogens is 1. The minimum Gasteiger partial charge on any atom is -0.507 e. The summed E-state index contributed by atoms with van der Waals surface area (Å²) in [4.78, 5) is 13.5. The zero-order chi connectivity index (χ0) is 15.8. The van der Waals surface area contributed by atoms with Crippen LogP contribution >= 0.6 is 0 Å².